The van der Waals surface area contributed by atoms with Crippen LogP contribution in [0.3, 0.4) is 0 Å². The first-order chi connectivity index (χ1) is 11.7. The van der Waals surface area contributed by atoms with Crippen molar-refractivity contribution in [2.24, 2.45) is 0 Å². The molecule has 0 aliphatic carbocycles. The van der Waals surface area contributed by atoms with Crippen LogP contribution in [0, 0.1) is 18.3 Å². The van der Waals surface area contributed by atoms with Crippen molar-refractivity contribution in [1.29, 1.82) is 5.26 Å². The van der Waals surface area contributed by atoms with Gasteiger partial charge in [0.1, 0.15) is 11.8 Å². The van der Waals surface area contributed by atoms with Crippen LogP contribution in [0.4, 0.5) is 5.69 Å². The fraction of sp³-hybridized carbons (Fsp3) is 0.350. The van der Waals surface area contributed by atoms with Gasteiger partial charge >= 0.3 is 0 Å². The summed E-state index contributed by atoms with van der Waals surface area (Å²) in [5, 5.41) is 9.73. The maximum absolute atomic E-state index is 9.16. The highest BCUT2D eigenvalue weighted by Gasteiger charge is 2.29. The van der Waals surface area contributed by atoms with Gasteiger partial charge in [0.2, 0.25) is 0 Å². The molecule has 2 aliphatic rings. The van der Waals surface area contributed by atoms with Crippen molar-refractivity contribution in [2.45, 2.75) is 32.2 Å². The zero-order chi connectivity index (χ0) is 16.7. The number of ether oxygens (including phenoxy) is 1. The van der Waals surface area contributed by atoms with Crippen LogP contribution in [-0.2, 0) is 6.42 Å². The Labute approximate surface area is 147 Å². The standard InChI is InChI=1S/C20H19ClN2O/c1-13-17(6-4-16(12-22)20(13)21)23-9-2-3-18(23)14-5-7-19-15(11-14)8-10-24-19/h4-7,11,18H,2-3,8-10H2,1H3. The van der Waals surface area contributed by atoms with Gasteiger partial charge in [-0.25, -0.2) is 0 Å². The summed E-state index contributed by atoms with van der Waals surface area (Å²) in [4.78, 5) is 2.43. The first-order valence-corrected chi connectivity index (χ1v) is 8.78. The molecule has 2 aromatic rings. The molecule has 0 N–H and O–H groups in total. The van der Waals surface area contributed by atoms with Crippen LogP contribution < -0.4 is 9.64 Å². The number of benzene rings is 2. The zero-order valence-electron chi connectivity index (χ0n) is 13.7. The molecular weight excluding hydrogens is 320 g/mol. The third kappa shape index (κ3) is 2.42. The van der Waals surface area contributed by atoms with E-state index in [0.29, 0.717) is 16.6 Å². The van der Waals surface area contributed by atoms with E-state index >= 15 is 0 Å². The van der Waals surface area contributed by atoms with Gasteiger partial charge in [0.05, 0.1) is 23.2 Å². The monoisotopic (exact) mass is 338 g/mol. The van der Waals surface area contributed by atoms with Crippen molar-refractivity contribution >= 4 is 17.3 Å². The molecule has 1 fully saturated rings. The number of hydrogen-bond acceptors (Lipinski definition) is 3. The maximum atomic E-state index is 9.16. The molecule has 0 aromatic heterocycles. The average Bonchev–Trinajstić information content (AvgIpc) is 3.25. The summed E-state index contributed by atoms with van der Waals surface area (Å²) in [6.45, 7) is 3.81. The van der Waals surface area contributed by atoms with Crippen LogP contribution in [0.1, 0.15) is 41.1 Å². The quantitative estimate of drug-likeness (QED) is 0.789. The first kappa shape index (κ1) is 15.4. The molecule has 3 nitrogen and oxygen atoms in total. The van der Waals surface area contributed by atoms with Gasteiger partial charge in [-0.15, -0.1) is 0 Å². The van der Waals surface area contributed by atoms with E-state index in [1.54, 1.807) is 0 Å². The number of rotatable bonds is 2. The van der Waals surface area contributed by atoms with E-state index in [1.807, 2.05) is 19.1 Å². The Kier molecular flexibility index (Phi) is 3.86. The molecule has 0 amide bonds. The van der Waals surface area contributed by atoms with E-state index in [-0.39, 0.29) is 0 Å². The summed E-state index contributed by atoms with van der Waals surface area (Å²) in [6, 6.07) is 13.0. The molecule has 0 bridgehead atoms. The Bertz CT molecular complexity index is 840. The zero-order valence-corrected chi connectivity index (χ0v) is 14.4. The average molecular weight is 339 g/mol. The van der Waals surface area contributed by atoms with Gasteiger partial charge in [0.25, 0.3) is 0 Å². The van der Waals surface area contributed by atoms with Crippen LogP contribution in [0.5, 0.6) is 5.75 Å². The van der Waals surface area contributed by atoms with Crippen molar-refractivity contribution in [3.63, 3.8) is 0 Å². The number of anilines is 1. The van der Waals surface area contributed by atoms with Gasteiger partial charge in [0, 0.05) is 18.7 Å². The number of fused-ring (bicyclic) bond motifs is 1. The molecule has 4 heteroatoms. The molecular formula is C20H19ClN2O. The fourth-order valence-corrected chi connectivity index (χ4v) is 4.09. The van der Waals surface area contributed by atoms with Crippen LogP contribution in [-0.4, -0.2) is 13.2 Å². The molecule has 1 saturated heterocycles. The summed E-state index contributed by atoms with van der Waals surface area (Å²) in [6.07, 6.45) is 3.30. The second kappa shape index (κ2) is 6.03. The van der Waals surface area contributed by atoms with E-state index < -0.39 is 0 Å². The third-order valence-corrected chi connectivity index (χ3v) is 5.63. The minimum Gasteiger partial charge on any atom is -0.493 e. The van der Waals surface area contributed by atoms with E-state index in [9.17, 15) is 0 Å². The summed E-state index contributed by atoms with van der Waals surface area (Å²) >= 11 is 6.38. The largest absolute Gasteiger partial charge is 0.493 e. The highest BCUT2D eigenvalue weighted by molar-refractivity contribution is 6.32. The highest BCUT2D eigenvalue weighted by atomic mass is 35.5. The van der Waals surface area contributed by atoms with E-state index in [1.165, 1.54) is 11.1 Å². The van der Waals surface area contributed by atoms with Gasteiger partial charge in [-0.1, -0.05) is 17.7 Å². The highest BCUT2D eigenvalue weighted by Crippen LogP contribution is 2.41. The molecule has 1 unspecified atom stereocenters. The Morgan fingerprint density at radius 3 is 3.00 bits per heavy atom. The molecule has 2 heterocycles. The number of hydrogen-bond donors (Lipinski definition) is 0. The summed E-state index contributed by atoms with van der Waals surface area (Å²) in [7, 11) is 0. The van der Waals surface area contributed by atoms with Gasteiger partial charge in [0.15, 0.2) is 0 Å². The van der Waals surface area contributed by atoms with Gasteiger partial charge in [-0.3, -0.25) is 0 Å². The van der Waals surface area contributed by atoms with Crippen molar-refractivity contribution in [3.05, 3.63) is 57.6 Å². The molecule has 1 atom stereocenters. The predicted molar refractivity (Wildman–Crippen MR) is 95.9 cm³/mol. The molecule has 0 spiro atoms. The molecule has 24 heavy (non-hydrogen) atoms. The predicted octanol–water partition coefficient (Wildman–Crippen LogP) is 4.80. The molecule has 0 saturated carbocycles. The molecule has 2 aromatic carbocycles. The van der Waals surface area contributed by atoms with Crippen molar-refractivity contribution in [1.82, 2.24) is 0 Å². The second-order valence-corrected chi connectivity index (χ2v) is 6.88. The lowest BCUT2D eigenvalue weighted by atomic mass is 9.99. The summed E-state index contributed by atoms with van der Waals surface area (Å²) < 4.78 is 5.63. The third-order valence-electron chi connectivity index (χ3n) is 5.14. The van der Waals surface area contributed by atoms with E-state index in [0.717, 1.165) is 49.4 Å². The van der Waals surface area contributed by atoms with E-state index in [4.69, 9.17) is 21.6 Å². The topological polar surface area (TPSA) is 36.3 Å². The Morgan fingerprint density at radius 1 is 1.29 bits per heavy atom. The minimum absolute atomic E-state index is 0.360. The first-order valence-electron chi connectivity index (χ1n) is 8.40. The molecule has 4 rings (SSSR count). The molecule has 0 radical (unpaired) electrons. The number of nitrogens with zero attached hydrogens (tertiary/aromatic N) is 2. The van der Waals surface area contributed by atoms with Crippen molar-refractivity contribution in [3.8, 4) is 11.8 Å². The number of halogens is 1. The summed E-state index contributed by atoms with van der Waals surface area (Å²) in [5.74, 6) is 1.03. The van der Waals surface area contributed by atoms with Crippen LogP contribution in [0.25, 0.3) is 0 Å². The van der Waals surface area contributed by atoms with Crippen molar-refractivity contribution < 1.29 is 4.74 Å². The van der Waals surface area contributed by atoms with Crippen molar-refractivity contribution in [2.75, 3.05) is 18.1 Å². The van der Waals surface area contributed by atoms with Gasteiger partial charge < -0.3 is 9.64 Å². The lowest BCUT2D eigenvalue weighted by molar-refractivity contribution is 0.357. The lowest BCUT2D eigenvalue weighted by Crippen LogP contribution is -2.23. The van der Waals surface area contributed by atoms with E-state index in [2.05, 4.69) is 29.2 Å². The minimum atomic E-state index is 0.360. The summed E-state index contributed by atoms with van der Waals surface area (Å²) in [5.41, 5.74) is 5.33. The normalized spacial score (nSPS) is 19.0. The van der Waals surface area contributed by atoms with Crippen LogP contribution >= 0.6 is 11.6 Å². The lowest BCUT2D eigenvalue weighted by Gasteiger charge is -2.29. The molecule has 122 valence electrons. The number of nitriles is 1. The van der Waals surface area contributed by atoms with Crippen LogP contribution in [0.15, 0.2) is 30.3 Å². The maximum Gasteiger partial charge on any atom is 0.122 e. The molecule has 2 aliphatic heterocycles. The SMILES string of the molecule is Cc1c(N2CCCC2c2ccc3c(c2)CCO3)ccc(C#N)c1Cl. The Morgan fingerprint density at radius 2 is 2.17 bits per heavy atom. The second-order valence-electron chi connectivity index (χ2n) is 6.50. The Balaban J connectivity index is 1.71. The van der Waals surface area contributed by atoms with Crippen LogP contribution in [0.2, 0.25) is 5.02 Å². The Hall–Kier alpha value is -2.18. The fourth-order valence-electron chi connectivity index (χ4n) is 3.89. The smallest absolute Gasteiger partial charge is 0.122 e. The van der Waals surface area contributed by atoms with Gasteiger partial charge in [-0.2, -0.15) is 5.26 Å². The van der Waals surface area contributed by atoms with Gasteiger partial charge in [-0.05, 0) is 60.7 Å².